The van der Waals surface area contributed by atoms with Gasteiger partial charge in [0.1, 0.15) is 0 Å². The summed E-state index contributed by atoms with van der Waals surface area (Å²) in [5.41, 5.74) is 1.35. The zero-order valence-corrected chi connectivity index (χ0v) is 25.4. The Hall–Kier alpha value is -0.709. The lowest BCUT2D eigenvalue weighted by atomic mass is 9.76. The lowest BCUT2D eigenvalue weighted by Gasteiger charge is -2.43. The Morgan fingerprint density at radius 3 is 1.88 bits per heavy atom. The zero-order valence-electron chi connectivity index (χ0n) is 22.4. The molecule has 184 valence electrons. The Labute approximate surface area is 199 Å². The van der Waals surface area contributed by atoms with Crippen molar-refractivity contribution >= 4 is 36.7 Å². The summed E-state index contributed by atoms with van der Waals surface area (Å²) in [5, 5.41) is 0. The van der Waals surface area contributed by atoms with E-state index in [4.69, 9.17) is 8.85 Å². The van der Waals surface area contributed by atoms with Crippen LogP contribution < -0.4 is 0 Å². The number of hydrogen-bond donors (Lipinski definition) is 0. The second kappa shape index (κ2) is 9.88. The van der Waals surface area contributed by atoms with Crippen LogP contribution in [0.5, 0.6) is 0 Å². The van der Waals surface area contributed by atoms with Crippen molar-refractivity contribution in [2.45, 2.75) is 111 Å². The molecule has 1 heterocycles. The van der Waals surface area contributed by atoms with Crippen LogP contribution in [0, 0.1) is 17.8 Å². The van der Waals surface area contributed by atoms with Crippen molar-refractivity contribution in [1.29, 1.82) is 0 Å². The molecule has 0 aromatic rings. The summed E-state index contributed by atoms with van der Waals surface area (Å²) in [4.78, 5) is 25.9. The van der Waals surface area contributed by atoms with Crippen LogP contribution in [0.25, 0.3) is 0 Å². The first-order valence-corrected chi connectivity index (χ1v) is 22.6. The Morgan fingerprint density at radius 2 is 1.44 bits per heavy atom. The minimum absolute atomic E-state index is 0.00486. The molecule has 0 spiro atoms. The molecule has 3 atom stereocenters. The fraction of sp³-hybridized carbons (Fsp3) is 0.833. The SMILES string of the molecule is CC1=C(O[Si](C)(C)C)C(C(CC2CC(=O)N([Si](C)(C)C)C(=O)C2)O[Si](C)(C)C)CC(C)C1. The fourth-order valence-corrected chi connectivity index (χ4v) is 9.09. The summed E-state index contributed by atoms with van der Waals surface area (Å²) < 4.78 is 15.1. The van der Waals surface area contributed by atoms with E-state index in [9.17, 15) is 9.59 Å². The molecule has 5 nitrogen and oxygen atoms in total. The van der Waals surface area contributed by atoms with Crippen molar-refractivity contribution < 1.29 is 18.4 Å². The highest BCUT2D eigenvalue weighted by molar-refractivity contribution is 6.78. The third-order valence-corrected chi connectivity index (χ3v) is 9.78. The van der Waals surface area contributed by atoms with Gasteiger partial charge in [-0.05, 0) is 82.9 Å². The van der Waals surface area contributed by atoms with Gasteiger partial charge in [-0.2, -0.15) is 0 Å². The highest BCUT2D eigenvalue weighted by atomic mass is 28.4. The first kappa shape index (κ1) is 27.5. The quantitative estimate of drug-likeness (QED) is 0.289. The summed E-state index contributed by atoms with van der Waals surface area (Å²) in [6.45, 7) is 24.1. The molecular weight excluding hydrogens is 451 g/mol. The van der Waals surface area contributed by atoms with Gasteiger partial charge in [-0.1, -0.05) is 26.6 Å². The van der Waals surface area contributed by atoms with Crippen molar-refractivity contribution in [2.75, 3.05) is 0 Å². The second-order valence-corrected chi connectivity index (χ2v) is 26.8. The highest BCUT2D eigenvalue weighted by Crippen LogP contribution is 2.42. The molecule has 0 aromatic heterocycles. The molecule has 0 aromatic carbocycles. The molecule has 1 aliphatic carbocycles. The third-order valence-electron chi connectivity index (χ3n) is 6.10. The van der Waals surface area contributed by atoms with Crippen LogP contribution in [-0.2, 0) is 18.4 Å². The number of nitrogens with zero attached hydrogens (tertiary/aromatic N) is 1. The largest absolute Gasteiger partial charge is 0.547 e. The molecule has 1 saturated heterocycles. The van der Waals surface area contributed by atoms with E-state index in [-0.39, 0.29) is 29.8 Å². The van der Waals surface area contributed by atoms with E-state index in [1.165, 1.54) is 5.57 Å². The number of amides is 2. The summed E-state index contributed by atoms with van der Waals surface area (Å²) in [6, 6.07) is 0. The molecule has 2 amide bonds. The molecule has 2 aliphatic rings. The van der Waals surface area contributed by atoms with Gasteiger partial charge < -0.3 is 13.4 Å². The van der Waals surface area contributed by atoms with Gasteiger partial charge in [0.05, 0.1) is 11.9 Å². The van der Waals surface area contributed by atoms with Crippen molar-refractivity contribution in [3.8, 4) is 0 Å². The molecule has 0 saturated carbocycles. The summed E-state index contributed by atoms with van der Waals surface area (Å²) >= 11 is 0. The number of hydrogen-bond acceptors (Lipinski definition) is 4. The van der Waals surface area contributed by atoms with Gasteiger partial charge in [0.25, 0.3) is 0 Å². The van der Waals surface area contributed by atoms with Crippen LogP contribution in [0.1, 0.15) is 46.0 Å². The van der Waals surface area contributed by atoms with E-state index in [0.717, 1.165) is 25.0 Å². The van der Waals surface area contributed by atoms with E-state index in [1.54, 1.807) is 4.57 Å². The van der Waals surface area contributed by atoms with Crippen LogP contribution in [0.4, 0.5) is 0 Å². The topological polar surface area (TPSA) is 55.8 Å². The molecule has 32 heavy (non-hydrogen) atoms. The van der Waals surface area contributed by atoms with Gasteiger partial charge in [-0.3, -0.25) is 9.59 Å². The number of piperidine rings is 1. The normalized spacial score (nSPS) is 25.4. The van der Waals surface area contributed by atoms with Gasteiger partial charge in [0.2, 0.25) is 20.1 Å². The predicted octanol–water partition coefficient (Wildman–Crippen LogP) is 6.37. The minimum Gasteiger partial charge on any atom is -0.547 e. The molecule has 0 radical (unpaired) electrons. The van der Waals surface area contributed by atoms with E-state index in [1.807, 2.05) is 0 Å². The standard InChI is InChI=1S/C24H47NO4Si3/c1-17-12-18(2)24(29-32(9,10)11)20(13-17)21(28-31(6,7)8)14-19-15-22(26)25(23(27)16-19)30(3,4)5/h17,19-21H,12-16H2,1-11H3. The monoisotopic (exact) mass is 497 g/mol. The van der Waals surface area contributed by atoms with Gasteiger partial charge >= 0.3 is 0 Å². The number of rotatable bonds is 8. The molecule has 0 N–H and O–H groups in total. The van der Waals surface area contributed by atoms with Crippen LogP contribution in [0.15, 0.2) is 11.3 Å². The van der Waals surface area contributed by atoms with Gasteiger partial charge in [0.15, 0.2) is 16.6 Å². The lowest BCUT2D eigenvalue weighted by molar-refractivity contribution is -0.144. The van der Waals surface area contributed by atoms with E-state index >= 15 is 0 Å². The maximum absolute atomic E-state index is 12.9. The van der Waals surface area contributed by atoms with Crippen LogP contribution >= 0.6 is 0 Å². The number of carbonyl (C=O) groups excluding carboxylic acids is 2. The summed E-state index contributed by atoms with van der Waals surface area (Å²) in [5.74, 6) is 2.01. The third kappa shape index (κ3) is 7.67. The Kier molecular flexibility index (Phi) is 8.50. The predicted molar refractivity (Wildman–Crippen MR) is 140 cm³/mol. The van der Waals surface area contributed by atoms with Crippen molar-refractivity contribution in [1.82, 2.24) is 4.57 Å². The number of carbonyl (C=O) groups is 2. The average molecular weight is 498 g/mol. The zero-order chi connectivity index (χ0) is 24.6. The molecule has 3 unspecified atom stereocenters. The van der Waals surface area contributed by atoms with Gasteiger partial charge in [-0.25, -0.2) is 0 Å². The molecule has 1 fully saturated rings. The van der Waals surface area contributed by atoms with Crippen LogP contribution in [0.2, 0.25) is 58.9 Å². The van der Waals surface area contributed by atoms with Crippen LogP contribution in [0.3, 0.4) is 0 Å². The average Bonchev–Trinajstić information content (AvgIpc) is 2.52. The molecular formula is C24H47NO4Si3. The van der Waals surface area contributed by atoms with Crippen molar-refractivity contribution in [2.24, 2.45) is 17.8 Å². The molecule has 1 aliphatic heterocycles. The Bertz CT molecular complexity index is 728. The first-order valence-electron chi connectivity index (χ1n) is 12.3. The number of imide groups is 1. The van der Waals surface area contributed by atoms with E-state index < -0.39 is 24.9 Å². The first-order chi connectivity index (χ1) is 14.4. The fourth-order valence-electron chi connectivity index (χ4n) is 5.26. The van der Waals surface area contributed by atoms with E-state index in [2.05, 4.69) is 72.8 Å². The summed E-state index contributed by atoms with van der Waals surface area (Å²) in [6.07, 6.45) is 3.77. The van der Waals surface area contributed by atoms with Crippen LogP contribution in [-0.4, -0.2) is 47.4 Å². The highest BCUT2D eigenvalue weighted by Gasteiger charge is 2.43. The van der Waals surface area contributed by atoms with Crippen molar-refractivity contribution in [3.63, 3.8) is 0 Å². The minimum atomic E-state index is -1.99. The summed E-state index contributed by atoms with van der Waals surface area (Å²) in [7, 11) is -5.60. The van der Waals surface area contributed by atoms with Crippen molar-refractivity contribution in [3.05, 3.63) is 11.3 Å². The number of allylic oxidation sites excluding steroid dienone is 1. The maximum atomic E-state index is 12.9. The molecule has 8 heteroatoms. The lowest BCUT2D eigenvalue weighted by Crippen LogP contribution is -2.56. The smallest absolute Gasteiger partial charge is 0.241 e. The van der Waals surface area contributed by atoms with Gasteiger partial charge in [0, 0.05) is 18.8 Å². The molecule has 0 bridgehead atoms. The molecule has 2 rings (SSSR count). The maximum Gasteiger partial charge on any atom is 0.241 e. The Balaban J connectivity index is 2.33. The second-order valence-electron chi connectivity index (χ2n) is 13.1. The Morgan fingerprint density at radius 1 is 0.906 bits per heavy atom. The van der Waals surface area contributed by atoms with E-state index in [0.29, 0.717) is 18.8 Å². The van der Waals surface area contributed by atoms with Gasteiger partial charge in [-0.15, -0.1) is 0 Å².